The van der Waals surface area contributed by atoms with Crippen LogP contribution in [-0.4, -0.2) is 24.2 Å². The van der Waals surface area contributed by atoms with Gasteiger partial charge in [-0.05, 0) is 36.2 Å². The summed E-state index contributed by atoms with van der Waals surface area (Å²) in [4.78, 5) is 4.41. The van der Waals surface area contributed by atoms with Crippen molar-refractivity contribution in [2.45, 2.75) is 33.2 Å². The van der Waals surface area contributed by atoms with Crippen molar-refractivity contribution in [2.75, 3.05) is 6.54 Å². The maximum Gasteiger partial charge on any atom is 0.387 e. The van der Waals surface area contributed by atoms with Gasteiger partial charge in [0, 0.05) is 23.7 Å². The topological polar surface area (TPSA) is 65.9 Å². The van der Waals surface area contributed by atoms with Crippen molar-refractivity contribution < 1.29 is 18.6 Å². The van der Waals surface area contributed by atoms with Crippen LogP contribution in [0.5, 0.6) is 5.75 Å². The zero-order valence-electron chi connectivity index (χ0n) is 15.3. The molecule has 2 aromatic rings. The molecular formula is C19H23ClF2IN3O2. The SMILES string of the molecule is CCNC(=NCc1cc(Cl)ccc1OC(F)F)NCc1ccccc1CO.I. The third-order valence-corrected chi connectivity index (χ3v) is 3.96. The molecule has 2 rings (SSSR count). The number of alkyl halides is 2. The van der Waals surface area contributed by atoms with E-state index in [0.717, 1.165) is 11.1 Å². The molecule has 0 saturated heterocycles. The molecule has 0 amide bonds. The summed E-state index contributed by atoms with van der Waals surface area (Å²) < 4.78 is 29.7. The number of hydrogen-bond donors (Lipinski definition) is 3. The fraction of sp³-hybridized carbons (Fsp3) is 0.316. The number of aliphatic imine (C=N–C) groups is 1. The molecular weight excluding hydrogens is 503 g/mol. The number of ether oxygens (including phenoxy) is 1. The van der Waals surface area contributed by atoms with Gasteiger partial charge in [-0.15, -0.1) is 24.0 Å². The number of aliphatic hydroxyl groups excluding tert-OH is 1. The van der Waals surface area contributed by atoms with Crippen molar-refractivity contribution in [3.05, 3.63) is 64.2 Å². The predicted molar refractivity (Wildman–Crippen MR) is 118 cm³/mol. The lowest BCUT2D eigenvalue weighted by atomic mass is 10.1. The first-order valence-electron chi connectivity index (χ1n) is 8.46. The largest absolute Gasteiger partial charge is 0.434 e. The average molecular weight is 526 g/mol. The van der Waals surface area contributed by atoms with Crippen molar-refractivity contribution in [3.8, 4) is 5.75 Å². The standard InChI is InChI=1S/C19H22ClF2N3O2.HI/c1-2-23-19(24-10-13-5-3-4-6-14(13)12-26)25-11-15-9-16(20)7-8-17(15)27-18(21)22;/h3-9,18,26H,2,10-12H2,1H3,(H2,23,24,25);1H. The van der Waals surface area contributed by atoms with E-state index < -0.39 is 6.61 Å². The lowest BCUT2D eigenvalue weighted by molar-refractivity contribution is -0.0504. The first-order chi connectivity index (χ1) is 13.0. The zero-order chi connectivity index (χ0) is 19.6. The summed E-state index contributed by atoms with van der Waals surface area (Å²) in [5.41, 5.74) is 2.22. The molecule has 2 aromatic carbocycles. The summed E-state index contributed by atoms with van der Waals surface area (Å²) in [7, 11) is 0. The molecule has 0 fully saturated rings. The van der Waals surface area contributed by atoms with Crippen molar-refractivity contribution >= 4 is 41.5 Å². The van der Waals surface area contributed by atoms with Crippen molar-refractivity contribution in [2.24, 2.45) is 4.99 Å². The Bertz CT molecular complexity index is 779. The lowest BCUT2D eigenvalue weighted by Gasteiger charge is -2.14. The third kappa shape index (κ3) is 7.76. The van der Waals surface area contributed by atoms with E-state index in [0.29, 0.717) is 29.6 Å². The van der Waals surface area contributed by atoms with Gasteiger partial charge in [0.1, 0.15) is 5.75 Å². The Morgan fingerprint density at radius 2 is 1.86 bits per heavy atom. The quantitative estimate of drug-likeness (QED) is 0.273. The zero-order valence-corrected chi connectivity index (χ0v) is 18.4. The van der Waals surface area contributed by atoms with Crippen LogP contribution in [0.25, 0.3) is 0 Å². The molecule has 0 atom stereocenters. The highest BCUT2D eigenvalue weighted by atomic mass is 127. The van der Waals surface area contributed by atoms with Crippen LogP contribution < -0.4 is 15.4 Å². The molecule has 9 heteroatoms. The van der Waals surface area contributed by atoms with Gasteiger partial charge in [0.25, 0.3) is 0 Å². The number of guanidine groups is 1. The van der Waals surface area contributed by atoms with Crippen LogP contribution >= 0.6 is 35.6 Å². The monoisotopic (exact) mass is 525 g/mol. The van der Waals surface area contributed by atoms with Crippen molar-refractivity contribution in [1.29, 1.82) is 0 Å². The summed E-state index contributed by atoms with van der Waals surface area (Å²) in [5, 5.41) is 16.1. The Kier molecular flexibility index (Phi) is 11.1. The number of rotatable bonds is 8. The van der Waals surface area contributed by atoms with Crippen LogP contribution in [0.15, 0.2) is 47.5 Å². The van der Waals surface area contributed by atoms with Crippen molar-refractivity contribution in [3.63, 3.8) is 0 Å². The highest BCUT2D eigenvalue weighted by Crippen LogP contribution is 2.25. The Morgan fingerprint density at radius 1 is 1.14 bits per heavy atom. The second kappa shape index (κ2) is 12.7. The van der Waals surface area contributed by atoms with Gasteiger partial charge in [0.2, 0.25) is 0 Å². The Hall–Kier alpha value is -1.65. The Balaban J connectivity index is 0.00000392. The number of aliphatic hydroxyl groups is 1. The number of nitrogens with one attached hydrogen (secondary N) is 2. The fourth-order valence-corrected chi connectivity index (χ4v) is 2.65. The molecule has 0 bridgehead atoms. The summed E-state index contributed by atoms with van der Waals surface area (Å²) >= 11 is 5.96. The number of halogens is 4. The molecule has 0 unspecified atom stereocenters. The summed E-state index contributed by atoms with van der Waals surface area (Å²) in [6, 6.07) is 11.9. The van der Waals surface area contributed by atoms with Crippen LogP contribution in [0.3, 0.4) is 0 Å². The number of hydrogen-bond acceptors (Lipinski definition) is 3. The van der Waals surface area contributed by atoms with Gasteiger partial charge in [-0.2, -0.15) is 8.78 Å². The molecule has 0 aliphatic rings. The van der Waals surface area contributed by atoms with Gasteiger partial charge >= 0.3 is 6.61 Å². The van der Waals surface area contributed by atoms with Crippen LogP contribution in [0.1, 0.15) is 23.6 Å². The number of nitrogens with zero attached hydrogens (tertiary/aromatic N) is 1. The summed E-state index contributed by atoms with van der Waals surface area (Å²) in [6.07, 6.45) is 0. The van der Waals surface area contributed by atoms with Gasteiger partial charge in [-0.1, -0.05) is 35.9 Å². The molecule has 0 heterocycles. The van der Waals surface area contributed by atoms with Crippen LogP contribution in [0, 0.1) is 0 Å². The van der Waals surface area contributed by atoms with E-state index in [4.69, 9.17) is 11.6 Å². The lowest BCUT2D eigenvalue weighted by Crippen LogP contribution is -2.37. The van der Waals surface area contributed by atoms with E-state index in [1.807, 2.05) is 31.2 Å². The minimum atomic E-state index is -2.92. The molecule has 0 aliphatic carbocycles. The molecule has 0 saturated carbocycles. The number of benzene rings is 2. The van der Waals surface area contributed by atoms with E-state index in [1.165, 1.54) is 12.1 Å². The predicted octanol–water partition coefficient (Wildman–Crippen LogP) is 4.31. The molecule has 0 spiro atoms. The first-order valence-corrected chi connectivity index (χ1v) is 8.84. The highest BCUT2D eigenvalue weighted by Gasteiger charge is 2.10. The summed E-state index contributed by atoms with van der Waals surface area (Å²) in [6.45, 7) is 0.142. The molecule has 28 heavy (non-hydrogen) atoms. The third-order valence-electron chi connectivity index (χ3n) is 3.73. The molecule has 0 radical (unpaired) electrons. The minimum Gasteiger partial charge on any atom is -0.434 e. The van der Waals surface area contributed by atoms with Gasteiger partial charge in [0.05, 0.1) is 13.2 Å². The van der Waals surface area contributed by atoms with E-state index in [-0.39, 0.29) is 42.9 Å². The second-order valence-corrected chi connectivity index (χ2v) is 6.04. The van der Waals surface area contributed by atoms with Gasteiger partial charge in [-0.25, -0.2) is 4.99 Å². The fourth-order valence-electron chi connectivity index (χ4n) is 2.45. The minimum absolute atomic E-state index is 0. The molecule has 5 nitrogen and oxygen atoms in total. The van der Waals surface area contributed by atoms with Gasteiger partial charge in [-0.3, -0.25) is 0 Å². The van der Waals surface area contributed by atoms with Crippen molar-refractivity contribution in [1.82, 2.24) is 10.6 Å². The molecule has 154 valence electrons. The van der Waals surface area contributed by atoms with Crippen LogP contribution in [-0.2, 0) is 19.7 Å². The van der Waals surface area contributed by atoms with Gasteiger partial charge in [0.15, 0.2) is 5.96 Å². The van der Waals surface area contributed by atoms with E-state index in [2.05, 4.69) is 20.4 Å². The Labute approximate surface area is 185 Å². The van der Waals surface area contributed by atoms with Gasteiger partial charge < -0.3 is 20.5 Å². The normalized spacial score (nSPS) is 11.1. The van der Waals surface area contributed by atoms with E-state index in [9.17, 15) is 13.9 Å². The van der Waals surface area contributed by atoms with Crippen LogP contribution in [0.4, 0.5) is 8.78 Å². The van der Waals surface area contributed by atoms with E-state index >= 15 is 0 Å². The second-order valence-electron chi connectivity index (χ2n) is 5.61. The average Bonchev–Trinajstić information content (AvgIpc) is 2.65. The highest BCUT2D eigenvalue weighted by molar-refractivity contribution is 14.0. The molecule has 0 aromatic heterocycles. The maximum atomic E-state index is 12.6. The Morgan fingerprint density at radius 3 is 2.50 bits per heavy atom. The maximum absolute atomic E-state index is 12.6. The molecule has 3 N–H and O–H groups in total. The molecule has 0 aliphatic heterocycles. The van der Waals surface area contributed by atoms with Crippen LogP contribution in [0.2, 0.25) is 5.02 Å². The summed E-state index contributed by atoms with van der Waals surface area (Å²) in [5.74, 6) is 0.549. The van der Waals surface area contributed by atoms with E-state index in [1.54, 1.807) is 6.07 Å². The first kappa shape index (κ1) is 24.4. The smallest absolute Gasteiger partial charge is 0.387 e.